The summed E-state index contributed by atoms with van der Waals surface area (Å²) >= 11 is 1.74. The summed E-state index contributed by atoms with van der Waals surface area (Å²) in [6, 6.07) is 15.8. The molecule has 8 heteroatoms. The molecule has 34 heavy (non-hydrogen) atoms. The van der Waals surface area contributed by atoms with E-state index in [2.05, 4.69) is 11.0 Å². The van der Waals surface area contributed by atoms with Crippen molar-refractivity contribution < 1.29 is 9.18 Å². The summed E-state index contributed by atoms with van der Waals surface area (Å²) in [6.07, 6.45) is 2.03. The van der Waals surface area contributed by atoms with E-state index in [1.165, 1.54) is 12.1 Å². The Labute approximate surface area is 201 Å². The van der Waals surface area contributed by atoms with Gasteiger partial charge in [-0.25, -0.2) is 4.39 Å². The van der Waals surface area contributed by atoms with E-state index in [9.17, 15) is 19.2 Å². The first-order valence-corrected chi connectivity index (χ1v) is 12.6. The third-order valence-corrected chi connectivity index (χ3v) is 7.99. The van der Waals surface area contributed by atoms with Crippen molar-refractivity contribution in [2.75, 3.05) is 36.8 Å². The van der Waals surface area contributed by atoms with Crippen molar-refractivity contribution in [3.05, 3.63) is 75.8 Å². The molecule has 1 atom stereocenters. The Morgan fingerprint density at radius 3 is 2.50 bits per heavy atom. The number of para-hydroxylation sites is 1. The van der Waals surface area contributed by atoms with Gasteiger partial charge in [0.15, 0.2) is 0 Å². The SMILES string of the molecule is N#Cc1c(N2CCN(C(=O)C3CCCS3)CC2)c2ccccc2n(Cc2ccc(F)cc2)c1=O. The molecule has 2 aromatic carbocycles. The van der Waals surface area contributed by atoms with Gasteiger partial charge in [-0.3, -0.25) is 9.59 Å². The molecule has 0 aliphatic carbocycles. The lowest BCUT2D eigenvalue weighted by Crippen LogP contribution is -2.51. The molecular weight excluding hydrogens is 451 g/mol. The molecular formula is C26H25FN4O2S. The number of amides is 1. The predicted octanol–water partition coefficient (Wildman–Crippen LogP) is 3.60. The second kappa shape index (κ2) is 9.51. The summed E-state index contributed by atoms with van der Waals surface area (Å²) < 4.78 is 14.9. The van der Waals surface area contributed by atoms with E-state index in [1.807, 2.05) is 29.2 Å². The molecule has 5 rings (SSSR count). The van der Waals surface area contributed by atoms with Crippen molar-refractivity contribution in [1.82, 2.24) is 9.47 Å². The van der Waals surface area contributed by atoms with Crippen LogP contribution in [0.4, 0.5) is 10.1 Å². The molecule has 6 nitrogen and oxygen atoms in total. The quantitative estimate of drug-likeness (QED) is 0.576. The highest BCUT2D eigenvalue weighted by Gasteiger charge is 2.31. The average Bonchev–Trinajstić information content (AvgIpc) is 3.41. The van der Waals surface area contributed by atoms with Crippen LogP contribution in [0.1, 0.15) is 24.0 Å². The minimum absolute atomic E-state index is 0.0671. The van der Waals surface area contributed by atoms with Crippen LogP contribution in [0.25, 0.3) is 10.9 Å². The van der Waals surface area contributed by atoms with Crippen LogP contribution in [0.5, 0.6) is 0 Å². The van der Waals surface area contributed by atoms with Gasteiger partial charge in [-0.05, 0) is 42.4 Å². The number of aromatic nitrogens is 1. The van der Waals surface area contributed by atoms with Crippen LogP contribution < -0.4 is 10.5 Å². The first-order valence-electron chi connectivity index (χ1n) is 11.5. The van der Waals surface area contributed by atoms with E-state index in [4.69, 9.17) is 0 Å². The topological polar surface area (TPSA) is 69.3 Å². The summed E-state index contributed by atoms with van der Waals surface area (Å²) in [4.78, 5) is 30.3. The van der Waals surface area contributed by atoms with E-state index >= 15 is 0 Å². The monoisotopic (exact) mass is 476 g/mol. The maximum absolute atomic E-state index is 13.5. The van der Waals surface area contributed by atoms with Crippen molar-refractivity contribution in [3.8, 4) is 6.07 Å². The van der Waals surface area contributed by atoms with Crippen LogP contribution in [-0.4, -0.2) is 52.6 Å². The van der Waals surface area contributed by atoms with E-state index in [0.717, 1.165) is 35.1 Å². The van der Waals surface area contributed by atoms with Gasteiger partial charge in [0.1, 0.15) is 17.4 Å². The lowest BCUT2D eigenvalue weighted by Gasteiger charge is -2.38. The number of thioether (sulfide) groups is 1. The highest BCUT2D eigenvalue weighted by molar-refractivity contribution is 8.00. The molecule has 2 saturated heterocycles. The number of carbonyl (C=O) groups excluding carboxylic acids is 1. The molecule has 3 aromatic rings. The van der Waals surface area contributed by atoms with Crippen molar-refractivity contribution in [1.29, 1.82) is 5.26 Å². The zero-order valence-electron chi connectivity index (χ0n) is 18.7. The van der Waals surface area contributed by atoms with Gasteiger partial charge in [0, 0.05) is 31.6 Å². The minimum atomic E-state index is -0.360. The van der Waals surface area contributed by atoms with Crippen LogP contribution in [0.15, 0.2) is 53.3 Å². The van der Waals surface area contributed by atoms with E-state index in [-0.39, 0.29) is 34.6 Å². The predicted molar refractivity (Wildman–Crippen MR) is 133 cm³/mol. The summed E-state index contributed by atoms with van der Waals surface area (Å²) in [7, 11) is 0. The Bertz CT molecular complexity index is 1320. The van der Waals surface area contributed by atoms with Gasteiger partial charge in [0.05, 0.1) is 23.0 Å². The second-order valence-electron chi connectivity index (χ2n) is 8.68. The molecule has 2 aliphatic rings. The maximum atomic E-state index is 13.5. The average molecular weight is 477 g/mol. The Morgan fingerprint density at radius 2 is 1.82 bits per heavy atom. The van der Waals surface area contributed by atoms with Crippen molar-refractivity contribution in [2.24, 2.45) is 0 Å². The summed E-state index contributed by atoms with van der Waals surface area (Å²) in [5.74, 6) is 0.919. The lowest BCUT2D eigenvalue weighted by atomic mass is 10.1. The number of hydrogen-bond donors (Lipinski definition) is 0. The Hall–Kier alpha value is -3.31. The molecule has 1 unspecified atom stereocenters. The van der Waals surface area contributed by atoms with Gasteiger partial charge in [0.25, 0.3) is 5.56 Å². The van der Waals surface area contributed by atoms with Gasteiger partial charge >= 0.3 is 0 Å². The molecule has 174 valence electrons. The molecule has 3 heterocycles. The first kappa shape index (κ1) is 22.5. The highest BCUT2D eigenvalue weighted by atomic mass is 32.2. The van der Waals surface area contributed by atoms with Gasteiger partial charge in [-0.2, -0.15) is 5.26 Å². The Morgan fingerprint density at radius 1 is 1.09 bits per heavy atom. The summed E-state index contributed by atoms with van der Waals surface area (Å²) in [5.41, 5.74) is 1.89. The summed E-state index contributed by atoms with van der Waals surface area (Å²) in [5, 5.41) is 10.9. The minimum Gasteiger partial charge on any atom is -0.366 e. The standard InChI is InChI=1S/C26H25FN4O2S/c27-19-9-7-18(8-10-19)17-31-22-5-2-1-4-20(22)24(21(16-28)25(31)32)29-11-13-30(14-12-29)26(33)23-6-3-15-34-23/h1-2,4-5,7-10,23H,3,6,11-15,17H2. The zero-order valence-corrected chi connectivity index (χ0v) is 19.6. The molecule has 0 bridgehead atoms. The molecule has 1 aromatic heterocycles. The van der Waals surface area contributed by atoms with E-state index in [0.29, 0.717) is 31.9 Å². The fraction of sp³-hybridized carbons (Fsp3) is 0.346. The third-order valence-electron chi connectivity index (χ3n) is 6.62. The Balaban J connectivity index is 1.49. The van der Waals surface area contributed by atoms with Crippen LogP contribution in [0, 0.1) is 17.1 Å². The number of nitriles is 1. The molecule has 0 spiro atoms. The van der Waals surface area contributed by atoms with Gasteiger partial charge in [-0.15, -0.1) is 11.8 Å². The van der Waals surface area contributed by atoms with Gasteiger partial charge in [0.2, 0.25) is 5.91 Å². The van der Waals surface area contributed by atoms with Crippen molar-refractivity contribution in [3.63, 3.8) is 0 Å². The van der Waals surface area contributed by atoms with Crippen LogP contribution >= 0.6 is 11.8 Å². The highest BCUT2D eigenvalue weighted by Crippen LogP contribution is 2.31. The summed E-state index contributed by atoms with van der Waals surface area (Å²) in [6.45, 7) is 2.55. The maximum Gasteiger partial charge on any atom is 0.271 e. The number of halogens is 1. The number of benzene rings is 2. The molecule has 2 aliphatic heterocycles. The van der Waals surface area contributed by atoms with Crippen LogP contribution in [-0.2, 0) is 11.3 Å². The number of hydrogen-bond acceptors (Lipinski definition) is 5. The smallest absolute Gasteiger partial charge is 0.271 e. The van der Waals surface area contributed by atoms with E-state index in [1.54, 1.807) is 28.5 Å². The largest absolute Gasteiger partial charge is 0.366 e. The molecule has 2 fully saturated rings. The second-order valence-corrected chi connectivity index (χ2v) is 9.99. The first-order chi connectivity index (χ1) is 16.6. The number of anilines is 1. The van der Waals surface area contributed by atoms with Gasteiger partial charge < -0.3 is 14.4 Å². The fourth-order valence-corrected chi connectivity index (χ4v) is 6.12. The lowest BCUT2D eigenvalue weighted by molar-refractivity contribution is -0.130. The zero-order chi connectivity index (χ0) is 23.7. The van der Waals surface area contributed by atoms with Crippen LogP contribution in [0.2, 0.25) is 0 Å². The number of fused-ring (bicyclic) bond motifs is 1. The third kappa shape index (κ3) is 4.16. The molecule has 0 saturated carbocycles. The number of carbonyl (C=O) groups is 1. The van der Waals surface area contributed by atoms with E-state index < -0.39 is 0 Å². The van der Waals surface area contributed by atoms with Crippen molar-refractivity contribution >= 4 is 34.3 Å². The molecule has 1 amide bonds. The Kier molecular flexibility index (Phi) is 6.29. The van der Waals surface area contributed by atoms with Gasteiger partial charge in [-0.1, -0.05) is 30.3 Å². The molecule has 0 radical (unpaired) electrons. The molecule has 0 N–H and O–H groups in total. The fourth-order valence-electron chi connectivity index (χ4n) is 4.87. The number of nitrogens with zero attached hydrogens (tertiary/aromatic N) is 4. The van der Waals surface area contributed by atoms with Crippen molar-refractivity contribution in [2.45, 2.75) is 24.6 Å². The number of pyridine rings is 1. The van der Waals surface area contributed by atoms with Crippen LogP contribution in [0.3, 0.4) is 0 Å². The normalized spacial score (nSPS) is 18.3. The number of rotatable bonds is 4. The number of piperazine rings is 1.